The quantitative estimate of drug-likeness (QED) is 0.807. The minimum atomic E-state index is -1.43. The number of ether oxygens (including phenoxy) is 1. The van der Waals surface area contributed by atoms with Crippen LogP contribution in [0.2, 0.25) is 0 Å². The normalized spacial score (nSPS) is 11.8. The maximum absolute atomic E-state index is 12.9. The predicted octanol–water partition coefficient (Wildman–Crippen LogP) is 0.852. The van der Waals surface area contributed by atoms with E-state index in [1.165, 1.54) is 12.1 Å². The van der Waals surface area contributed by atoms with Gasteiger partial charge in [-0.2, -0.15) is 0 Å². The molecule has 1 atom stereocenters. The van der Waals surface area contributed by atoms with Crippen LogP contribution in [0.1, 0.15) is 10.4 Å². The molecular weight excluding hydrogens is 309 g/mol. The highest BCUT2D eigenvalue weighted by Gasteiger charge is 2.17. The summed E-state index contributed by atoms with van der Waals surface area (Å²) < 4.78 is 17.4. The zero-order chi connectivity index (χ0) is 13.7. The van der Waals surface area contributed by atoms with Gasteiger partial charge in [0.05, 0.1) is 18.1 Å². The largest absolute Gasteiger partial charge is 0.467 e. The van der Waals surface area contributed by atoms with Crippen LogP contribution in [0.25, 0.3) is 0 Å². The van der Waals surface area contributed by atoms with E-state index in [1.54, 1.807) is 0 Å². The summed E-state index contributed by atoms with van der Waals surface area (Å²) in [5, 5.41) is 11.6. The number of benzene rings is 1. The van der Waals surface area contributed by atoms with Gasteiger partial charge in [0.1, 0.15) is 5.82 Å². The average molecular weight is 320 g/mol. The van der Waals surface area contributed by atoms with Crippen LogP contribution in [0.15, 0.2) is 22.7 Å². The molecule has 5 nitrogen and oxygen atoms in total. The van der Waals surface area contributed by atoms with Crippen molar-refractivity contribution in [3.05, 3.63) is 34.1 Å². The molecule has 0 saturated heterocycles. The van der Waals surface area contributed by atoms with Gasteiger partial charge in [-0.3, -0.25) is 4.79 Å². The van der Waals surface area contributed by atoms with Gasteiger partial charge in [-0.1, -0.05) is 0 Å². The number of carbonyl (C=O) groups is 2. The number of hydrogen-bond donors (Lipinski definition) is 2. The van der Waals surface area contributed by atoms with Crippen LogP contribution in [0.5, 0.6) is 0 Å². The zero-order valence-electron chi connectivity index (χ0n) is 9.44. The Morgan fingerprint density at radius 3 is 2.78 bits per heavy atom. The highest BCUT2D eigenvalue weighted by molar-refractivity contribution is 9.10. The highest BCUT2D eigenvalue weighted by Crippen LogP contribution is 2.16. The number of halogens is 2. The molecule has 18 heavy (non-hydrogen) atoms. The van der Waals surface area contributed by atoms with Crippen molar-refractivity contribution in [2.24, 2.45) is 0 Å². The number of carbonyl (C=O) groups excluding carboxylic acids is 2. The monoisotopic (exact) mass is 319 g/mol. The second-order valence-electron chi connectivity index (χ2n) is 3.38. The third kappa shape index (κ3) is 3.78. The summed E-state index contributed by atoms with van der Waals surface area (Å²) in [6.07, 6.45) is -1.43. The van der Waals surface area contributed by atoms with Crippen molar-refractivity contribution < 1.29 is 23.8 Å². The fourth-order valence-electron chi connectivity index (χ4n) is 1.15. The molecule has 98 valence electrons. The van der Waals surface area contributed by atoms with Crippen molar-refractivity contribution >= 4 is 27.8 Å². The topological polar surface area (TPSA) is 75.6 Å². The Balaban J connectivity index is 2.60. The van der Waals surface area contributed by atoms with E-state index < -0.39 is 23.8 Å². The van der Waals surface area contributed by atoms with E-state index in [0.29, 0.717) is 0 Å². The van der Waals surface area contributed by atoms with Crippen molar-refractivity contribution in [3.63, 3.8) is 0 Å². The lowest BCUT2D eigenvalue weighted by Gasteiger charge is -2.10. The Labute approximate surface area is 111 Å². The molecule has 1 unspecified atom stereocenters. The van der Waals surface area contributed by atoms with Gasteiger partial charge in [-0.15, -0.1) is 0 Å². The molecule has 7 heteroatoms. The molecule has 0 bridgehead atoms. The number of methoxy groups -OCH3 is 1. The highest BCUT2D eigenvalue weighted by atomic mass is 79.9. The van der Waals surface area contributed by atoms with Crippen LogP contribution in [0.4, 0.5) is 4.39 Å². The van der Waals surface area contributed by atoms with Gasteiger partial charge in [-0.05, 0) is 34.1 Å². The van der Waals surface area contributed by atoms with Gasteiger partial charge >= 0.3 is 5.97 Å². The summed E-state index contributed by atoms with van der Waals surface area (Å²) in [5.74, 6) is -1.85. The molecule has 0 heterocycles. The first-order chi connectivity index (χ1) is 8.45. The molecule has 0 fully saturated rings. The third-order valence-corrected chi connectivity index (χ3v) is 2.72. The van der Waals surface area contributed by atoms with E-state index in [9.17, 15) is 19.1 Å². The minimum Gasteiger partial charge on any atom is -0.467 e. The van der Waals surface area contributed by atoms with Crippen LogP contribution in [-0.4, -0.2) is 36.7 Å². The molecule has 0 aromatic heterocycles. The Bertz CT molecular complexity index is 466. The molecule has 1 aromatic rings. The van der Waals surface area contributed by atoms with Crippen LogP contribution in [0, 0.1) is 5.82 Å². The number of esters is 1. The number of rotatable bonds is 4. The molecule has 2 N–H and O–H groups in total. The summed E-state index contributed by atoms with van der Waals surface area (Å²) in [7, 11) is 1.13. The van der Waals surface area contributed by atoms with Gasteiger partial charge in [-0.25, -0.2) is 9.18 Å². The fraction of sp³-hybridized carbons (Fsp3) is 0.273. The van der Waals surface area contributed by atoms with Crippen LogP contribution < -0.4 is 5.32 Å². The van der Waals surface area contributed by atoms with Crippen LogP contribution >= 0.6 is 15.9 Å². The van der Waals surface area contributed by atoms with Crippen molar-refractivity contribution in [2.45, 2.75) is 6.10 Å². The average Bonchev–Trinajstić information content (AvgIpc) is 2.37. The lowest BCUT2D eigenvalue weighted by molar-refractivity contribution is -0.149. The standard InChI is InChI=1S/C11H11BrFNO4/c1-18-11(17)9(15)5-14-10(16)6-2-3-8(13)7(12)4-6/h2-4,9,15H,5H2,1H3,(H,14,16). The number of amides is 1. The second kappa shape index (κ2) is 6.46. The minimum absolute atomic E-state index is 0.156. The zero-order valence-corrected chi connectivity index (χ0v) is 11.0. The second-order valence-corrected chi connectivity index (χ2v) is 4.23. The lowest BCUT2D eigenvalue weighted by atomic mass is 10.2. The maximum Gasteiger partial charge on any atom is 0.336 e. The first-order valence-electron chi connectivity index (χ1n) is 4.95. The van der Waals surface area contributed by atoms with Crippen molar-refractivity contribution in [1.29, 1.82) is 0 Å². The number of aliphatic hydroxyl groups is 1. The smallest absolute Gasteiger partial charge is 0.336 e. The van der Waals surface area contributed by atoms with E-state index in [0.717, 1.165) is 13.2 Å². The van der Waals surface area contributed by atoms with Gasteiger partial charge in [0.2, 0.25) is 0 Å². The summed E-state index contributed by atoms with van der Waals surface area (Å²) >= 11 is 2.95. The van der Waals surface area contributed by atoms with Gasteiger partial charge in [0.15, 0.2) is 6.10 Å². The lowest BCUT2D eigenvalue weighted by Crippen LogP contribution is -2.37. The molecule has 0 aliphatic carbocycles. The molecule has 0 saturated carbocycles. The SMILES string of the molecule is COC(=O)C(O)CNC(=O)c1ccc(F)c(Br)c1. The predicted molar refractivity (Wildman–Crippen MR) is 64.5 cm³/mol. The summed E-state index contributed by atoms with van der Waals surface area (Å²) in [4.78, 5) is 22.5. The Hall–Kier alpha value is -1.47. The van der Waals surface area contributed by atoms with Crippen molar-refractivity contribution in [2.75, 3.05) is 13.7 Å². The molecule has 0 aliphatic heterocycles. The fourth-order valence-corrected chi connectivity index (χ4v) is 1.53. The Morgan fingerprint density at radius 1 is 1.56 bits per heavy atom. The molecule has 1 amide bonds. The van der Waals surface area contributed by atoms with E-state index >= 15 is 0 Å². The van der Waals surface area contributed by atoms with E-state index in [-0.39, 0.29) is 16.6 Å². The first-order valence-corrected chi connectivity index (χ1v) is 5.74. The third-order valence-electron chi connectivity index (χ3n) is 2.11. The maximum atomic E-state index is 12.9. The van der Waals surface area contributed by atoms with E-state index in [4.69, 9.17) is 0 Å². The molecular formula is C11H11BrFNO4. The van der Waals surface area contributed by atoms with E-state index in [2.05, 4.69) is 26.0 Å². The van der Waals surface area contributed by atoms with Gasteiger partial charge < -0.3 is 15.2 Å². The molecule has 1 rings (SSSR count). The molecule has 0 spiro atoms. The number of aliphatic hydroxyl groups excluding tert-OH is 1. The van der Waals surface area contributed by atoms with Gasteiger partial charge in [0, 0.05) is 5.56 Å². The molecule has 0 radical (unpaired) electrons. The molecule has 0 aliphatic rings. The van der Waals surface area contributed by atoms with Crippen LogP contribution in [0.3, 0.4) is 0 Å². The molecule has 1 aromatic carbocycles. The van der Waals surface area contributed by atoms with Crippen molar-refractivity contribution in [3.8, 4) is 0 Å². The number of nitrogens with one attached hydrogen (secondary N) is 1. The number of hydrogen-bond acceptors (Lipinski definition) is 4. The Kier molecular flexibility index (Phi) is 5.24. The van der Waals surface area contributed by atoms with E-state index in [1.807, 2.05) is 0 Å². The van der Waals surface area contributed by atoms with Gasteiger partial charge in [0.25, 0.3) is 5.91 Å². The Morgan fingerprint density at radius 2 is 2.22 bits per heavy atom. The summed E-state index contributed by atoms with van der Waals surface area (Å²) in [5.41, 5.74) is 0.209. The van der Waals surface area contributed by atoms with Crippen molar-refractivity contribution in [1.82, 2.24) is 5.32 Å². The first kappa shape index (κ1) is 14.6. The van der Waals surface area contributed by atoms with Crippen LogP contribution in [-0.2, 0) is 9.53 Å². The summed E-state index contributed by atoms with van der Waals surface area (Å²) in [6.45, 7) is -0.277. The summed E-state index contributed by atoms with van der Waals surface area (Å²) in [6, 6.07) is 3.73.